The first-order valence-corrected chi connectivity index (χ1v) is 6.92. The van der Waals surface area contributed by atoms with Gasteiger partial charge in [-0.1, -0.05) is 0 Å². The van der Waals surface area contributed by atoms with Crippen LogP contribution in [0.15, 0.2) is 35.5 Å². The van der Waals surface area contributed by atoms with Gasteiger partial charge in [-0.15, -0.1) is 0 Å². The van der Waals surface area contributed by atoms with Crippen LogP contribution in [0, 0.1) is 0 Å². The molecule has 20 heavy (non-hydrogen) atoms. The van der Waals surface area contributed by atoms with Crippen LogP contribution < -0.4 is 10.5 Å². The molecule has 1 heterocycles. The maximum Gasteiger partial charge on any atom is 0.339 e. The highest BCUT2D eigenvalue weighted by Crippen LogP contribution is 2.22. The average Bonchev–Trinajstić information content (AvgIpc) is 2.90. The van der Waals surface area contributed by atoms with E-state index in [9.17, 15) is 13.2 Å². The number of nitrogens with two attached hydrogens (primary N) is 1. The molecule has 1 aromatic carbocycles. The van der Waals surface area contributed by atoms with Crippen molar-refractivity contribution in [3.8, 4) is 0 Å². The van der Waals surface area contributed by atoms with Crippen molar-refractivity contribution >= 4 is 27.4 Å². The molecule has 8 nitrogen and oxygen atoms in total. The second kappa shape index (κ2) is 5.21. The van der Waals surface area contributed by atoms with E-state index >= 15 is 0 Å². The van der Waals surface area contributed by atoms with Gasteiger partial charge in [0.15, 0.2) is 0 Å². The van der Waals surface area contributed by atoms with Gasteiger partial charge < -0.3 is 10.5 Å². The molecule has 0 spiro atoms. The lowest BCUT2D eigenvalue weighted by molar-refractivity contribution is 0.0596. The molecule has 0 unspecified atom stereocenters. The molecule has 106 valence electrons. The lowest BCUT2D eigenvalue weighted by Crippen LogP contribution is -2.17. The molecule has 0 aliphatic carbocycles. The van der Waals surface area contributed by atoms with Crippen molar-refractivity contribution in [2.24, 2.45) is 0 Å². The molecule has 0 bridgehead atoms. The molecule has 0 saturated carbocycles. The van der Waals surface area contributed by atoms with Gasteiger partial charge >= 0.3 is 5.97 Å². The molecule has 0 atom stereocenters. The third-order valence-corrected chi connectivity index (χ3v) is 3.87. The highest BCUT2D eigenvalue weighted by molar-refractivity contribution is 7.92. The molecule has 0 aliphatic heterocycles. The number of anilines is 2. The number of H-pyrrole nitrogens is 1. The molecule has 0 amide bonds. The van der Waals surface area contributed by atoms with Crippen LogP contribution in [-0.2, 0) is 14.8 Å². The lowest BCUT2D eigenvalue weighted by atomic mass is 10.2. The smallest absolute Gasteiger partial charge is 0.339 e. The minimum absolute atomic E-state index is 0.0994. The van der Waals surface area contributed by atoms with Crippen molar-refractivity contribution < 1.29 is 17.9 Å². The van der Waals surface area contributed by atoms with Gasteiger partial charge in [-0.05, 0) is 18.2 Å². The Labute approximate surface area is 115 Å². The number of methoxy groups -OCH3 is 1. The number of sulfonamides is 1. The Morgan fingerprint density at radius 2 is 2.20 bits per heavy atom. The Bertz CT molecular complexity index is 725. The van der Waals surface area contributed by atoms with Gasteiger partial charge in [-0.2, -0.15) is 5.10 Å². The molecule has 0 fully saturated rings. The molecule has 2 aromatic rings. The Balaban J connectivity index is 2.50. The number of hydrogen-bond donors (Lipinski definition) is 3. The summed E-state index contributed by atoms with van der Waals surface area (Å²) in [6.45, 7) is 0. The van der Waals surface area contributed by atoms with E-state index in [1.54, 1.807) is 0 Å². The standard InChI is InChI=1S/C11H12N4O4S/c1-19-11(16)9-3-2-7(12)4-10(9)20(17,18)15-8-5-13-14-6-8/h2-6,15H,12H2,1H3,(H,13,14). The number of benzene rings is 1. The minimum Gasteiger partial charge on any atom is -0.465 e. The fourth-order valence-corrected chi connectivity index (χ4v) is 2.82. The fourth-order valence-electron chi connectivity index (χ4n) is 1.56. The monoisotopic (exact) mass is 296 g/mol. The van der Waals surface area contributed by atoms with E-state index < -0.39 is 16.0 Å². The van der Waals surface area contributed by atoms with Gasteiger partial charge in [0, 0.05) is 11.9 Å². The molecule has 1 aromatic heterocycles. The number of hydrogen-bond acceptors (Lipinski definition) is 6. The van der Waals surface area contributed by atoms with Gasteiger partial charge in [0.2, 0.25) is 0 Å². The van der Waals surface area contributed by atoms with Crippen LogP contribution in [0.4, 0.5) is 11.4 Å². The first kappa shape index (κ1) is 13.9. The van der Waals surface area contributed by atoms with Crippen LogP contribution >= 0.6 is 0 Å². The molecule has 4 N–H and O–H groups in total. The Morgan fingerprint density at radius 3 is 2.80 bits per heavy atom. The molecule has 2 rings (SSSR count). The normalized spacial score (nSPS) is 11.1. The molecular formula is C11H12N4O4S. The summed E-state index contributed by atoms with van der Waals surface area (Å²) in [6, 6.07) is 3.91. The summed E-state index contributed by atoms with van der Waals surface area (Å²) < 4.78 is 31.4. The van der Waals surface area contributed by atoms with Crippen LogP contribution in [0.2, 0.25) is 0 Å². The number of carbonyl (C=O) groups is 1. The zero-order valence-electron chi connectivity index (χ0n) is 10.5. The topological polar surface area (TPSA) is 127 Å². The number of aromatic nitrogens is 2. The van der Waals surface area contributed by atoms with Gasteiger partial charge in [0.05, 0.1) is 24.6 Å². The zero-order valence-corrected chi connectivity index (χ0v) is 11.3. The van der Waals surface area contributed by atoms with Crippen molar-refractivity contribution in [2.75, 3.05) is 17.6 Å². The van der Waals surface area contributed by atoms with Gasteiger partial charge in [-0.25, -0.2) is 13.2 Å². The SMILES string of the molecule is COC(=O)c1ccc(N)cc1S(=O)(=O)Nc1cn[nH]c1. The average molecular weight is 296 g/mol. The van der Waals surface area contributed by atoms with Crippen LogP contribution in [0.3, 0.4) is 0 Å². The predicted molar refractivity (Wildman–Crippen MR) is 71.6 cm³/mol. The Hall–Kier alpha value is -2.55. The second-order valence-corrected chi connectivity index (χ2v) is 5.49. The van der Waals surface area contributed by atoms with E-state index in [0.717, 1.165) is 0 Å². The third-order valence-electron chi connectivity index (χ3n) is 2.45. The van der Waals surface area contributed by atoms with E-state index in [2.05, 4.69) is 19.7 Å². The number of nitrogens with one attached hydrogen (secondary N) is 2. The molecule has 9 heteroatoms. The fraction of sp³-hybridized carbons (Fsp3) is 0.0909. The highest BCUT2D eigenvalue weighted by atomic mass is 32.2. The molecule has 0 radical (unpaired) electrons. The van der Waals surface area contributed by atoms with Crippen LogP contribution in [0.5, 0.6) is 0 Å². The van der Waals surface area contributed by atoms with Crippen molar-refractivity contribution in [3.05, 3.63) is 36.2 Å². The zero-order chi connectivity index (χ0) is 14.8. The number of esters is 1. The minimum atomic E-state index is -3.98. The molecular weight excluding hydrogens is 284 g/mol. The first-order valence-electron chi connectivity index (χ1n) is 5.43. The van der Waals surface area contributed by atoms with E-state index in [0.29, 0.717) is 0 Å². The Morgan fingerprint density at radius 1 is 1.45 bits per heavy atom. The largest absolute Gasteiger partial charge is 0.465 e. The van der Waals surface area contributed by atoms with Crippen LogP contribution in [-0.4, -0.2) is 31.7 Å². The predicted octanol–water partition coefficient (Wildman–Crippen LogP) is 0.579. The summed E-state index contributed by atoms with van der Waals surface area (Å²) in [4.78, 5) is 11.4. The van der Waals surface area contributed by atoms with Gasteiger partial charge in [0.25, 0.3) is 10.0 Å². The summed E-state index contributed by atoms with van der Waals surface area (Å²) in [5.74, 6) is -0.766. The number of nitrogens with zero attached hydrogens (tertiary/aromatic N) is 1. The van der Waals surface area contributed by atoms with Crippen molar-refractivity contribution in [2.45, 2.75) is 4.90 Å². The van der Waals surface area contributed by atoms with Gasteiger partial charge in [0.1, 0.15) is 4.90 Å². The summed E-state index contributed by atoms with van der Waals surface area (Å²) in [6.07, 6.45) is 2.66. The third kappa shape index (κ3) is 2.72. The first-order chi connectivity index (χ1) is 9.44. The maximum absolute atomic E-state index is 12.3. The number of ether oxygens (including phenoxy) is 1. The number of carbonyl (C=O) groups excluding carboxylic acids is 1. The number of nitrogen functional groups attached to an aromatic ring is 1. The van der Waals surface area contributed by atoms with E-state index in [1.165, 1.54) is 37.7 Å². The van der Waals surface area contributed by atoms with Crippen LogP contribution in [0.1, 0.15) is 10.4 Å². The van der Waals surface area contributed by atoms with Crippen molar-refractivity contribution in [3.63, 3.8) is 0 Å². The van der Waals surface area contributed by atoms with E-state index in [4.69, 9.17) is 5.73 Å². The summed E-state index contributed by atoms with van der Waals surface area (Å²) >= 11 is 0. The number of aromatic amines is 1. The van der Waals surface area contributed by atoms with Gasteiger partial charge in [-0.3, -0.25) is 9.82 Å². The lowest BCUT2D eigenvalue weighted by Gasteiger charge is -2.10. The number of rotatable bonds is 4. The maximum atomic E-state index is 12.3. The quantitative estimate of drug-likeness (QED) is 0.559. The van der Waals surface area contributed by atoms with Crippen molar-refractivity contribution in [1.29, 1.82) is 0 Å². The summed E-state index contributed by atoms with van der Waals surface area (Å²) in [5.41, 5.74) is 5.93. The highest BCUT2D eigenvalue weighted by Gasteiger charge is 2.23. The van der Waals surface area contributed by atoms with Crippen LogP contribution in [0.25, 0.3) is 0 Å². The summed E-state index contributed by atoms with van der Waals surface area (Å²) in [7, 11) is -2.82. The second-order valence-electron chi connectivity index (χ2n) is 3.84. The van der Waals surface area contributed by atoms with Crippen molar-refractivity contribution in [1.82, 2.24) is 10.2 Å². The van der Waals surface area contributed by atoms with E-state index in [1.807, 2.05) is 0 Å². The summed E-state index contributed by atoms with van der Waals surface area (Å²) in [5, 5.41) is 6.09. The molecule has 0 saturated heterocycles. The molecule has 0 aliphatic rings. The Kier molecular flexibility index (Phi) is 3.61. The van der Waals surface area contributed by atoms with E-state index in [-0.39, 0.29) is 21.8 Å².